The van der Waals surface area contributed by atoms with Gasteiger partial charge in [0.25, 0.3) is 0 Å². The molecule has 0 amide bonds. The first kappa shape index (κ1) is 13.4. The summed E-state index contributed by atoms with van der Waals surface area (Å²) in [5.41, 5.74) is 3.11. The van der Waals surface area contributed by atoms with Gasteiger partial charge >= 0.3 is 5.97 Å². The molecule has 2 aromatic rings. The van der Waals surface area contributed by atoms with Gasteiger partial charge in [0, 0.05) is 12.1 Å². The van der Waals surface area contributed by atoms with Crippen molar-refractivity contribution in [2.45, 2.75) is 32.6 Å². The van der Waals surface area contributed by atoms with Crippen LogP contribution in [0.15, 0.2) is 6.33 Å². The highest BCUT2D eigenvalue weighted by molar-refractivity contribution is 6.34. The van der Waals surface area contributed by atoms with E-state index in [2.05, 4.69) is 15.0 Å². The highest BCUT2D eigenvalue weighted by Gasteiger charge is 2.26. The van der Waals surface area contributed by atoms with Crippen LogP contribution in [0.4, 0.5) is 0 Å². The zero-order valence-corrected chi connectivity index (χ0v) is 12.0. The van der Waals surface area contributed by atoms with Crippen molar-refractivity contribution in [2.24, 2.45) is 5.92 Å². The lowest BCUT2D eigenvalue weighted by molar-refractivity contribution is -0.144. The Morgan fingerprint density at radius 1 is 1.55 bits per heavy atom. The molecule has 0 aromatic carbocycles. The number of hydrogen-bond donors (Lipinski definition) is 1. The zero-order valence-electron chi connectivity index (χ0n) is 11.3. The van der Waals surface area contributed by atoms with Gasteiger partial charge < -0.3 is 9.72 Å². The Morgan fingerprint density at radius 3 is 3.20 bits per heavy atom. The van der Waals surface area contributed by atoms with E-state index in [9.17, 15) is 4.79 Å². The van der Waals surface area contributed by atoms with Crippen molar-refractivity contribution in [1.82, 2.24) is 15.0 Å². The number of hydrogen-bond acceptors (Lipinski definition) is 4. The molecule has 1 aliphatic carbocycles. The predicted molar refractivity (Wildman–Crippen MR) is 75.7 cm³/mol. The summed E-state index contributed by atoms with van der Waals surface area (Å²) in [6.07, 6.45) is 4.63. The Hall–Kier alpha value is -1.62. The van der Waals surface area contributed by atoms with E-state index in [1.54, 1.807) is 0 Å². The molecule has 0 radical (unpaired) electrons. The van der Waals surface area contributed by atoms with Gasteiger partial charge in [0.2, 0.25) is 0 Å². The smallest absolute Gasteiger partial charge is 0.306 e. The topological polar surface area (TPSA) is 67.9 Å². The molecule has 20 heavy (non-hydrogen) atoms. The maximum atomic E-state index is 11.6. The first-order valence-electron chi connectivity index (χ1n) is 6.84. The number of aromatic nitrogens is 3. The van der Waals surface area contributed by atoms with Crippen molar-refractivity contribution < 1.29 is 9.53 Å². The summed E-state index contributed by atoms with van der Waals surface area (Å²) >= 11 is 6.18. The molecule has 2 aromatic heterocycles. The molecule has 1 atom stereocenters. The number of aromatic amines is 1. The standard InChI is InChI=1S/C14H16ClN3O2/c1-2-20-11(19)6-8-3-4-10-9(5-8)12-13(15)16-7-17-14(12)18-10/h7-8H,2-6H2,1H3,(H,16,17,18). The molecule has 1 unspecified atom stereocenters. The third kappa shape index (κ3) is 2.38. The van der Waals surface area contributed by atoms with Crippen molar-refractivity contribution in [3.8, 4) is 0 Å². The molecule has 0 bridgehead atoms. The predicted octanol–water partition coefficient (Wildman–Crippen LogP) is 2.67. The SMILES string of the molecule is CCOC(=O)CC1CCc2[nH]c3ncnc(Cl)c3c2C1. The van der Waals surface area contributed by atoms with Gasteiger partial charge in [-0.05, 0) is 37.7 Å². The van der Waals surface area contributed by atoms with Gasteiger partial charge in [0.1, 0.15) is 17.1 Å². The second-order valence-electron chi connectivity index (χ2n) is 5.09. The van der Waals surface area contributed by atoms with Gasteiger partial charge in [-0.2, -0.15) is 0 Å². The van der Waals surface area contributed by atoms with E-state index in [4.69, 9.17) is 16.3 Å². The average molecular weight is 294 g/mol. The highest BCUT2D eigenvalue weighted by atomic mass is 35.5. The van der Waals surface area contributed by atoms with E-state index < -0.39 is 0 Å². The number of aryl methyl sites for hydroxylation is 1. The fourth-order valence-electron chi connectivity index (χ4n) is 2.90. The molecule has 5 nitrogen and oxygen atoms in total. The molecule has 1 N–H and O–H groups in total. The van der Waals surface area contributed by atoms with Crippen LogP contribution in [-0.2, 0) is 22.4 Å². The number of rotatable bonds is 3. The quantitative estimate of drug-likeness (QED) is 0.698. The number of esters is 1. The number of carbonyl (C=O) groups excluding carboxylic acids is 1. The molecule has 0 aliphatic heterocycles. The van der Waals surface area contributed by atoms with Crippen LogP contribution in [0.3, 0.4) is 0 Å². The Labute approximate surface area is 121 Å². The van der Waals surface area contributed by atoms with Crippen molar-refractivity contribution in [3.05, 3.63) is 22.7 Å². The lowest BCUT2D eigenvalue weighted by Gasteiger charge is -2.21. The summed E-state index contributed by atoms with van der Waals surface area (Å²) in [7, 11) is 0. The molecule has 0 spiro atoms. The van der Waals surface area contributed by atoms with Crippen LogP contribution in [0.5, 0.6) is 0 Å². The first-order chi connectivity index (χ1) is 9.69. The summed E-state index contributed by atoms with van der Waals surface area (Å²) in [6.45, 7) is 2.26. The van der Waals surface area contributed by atoms with E-state index in [1.165, 1.54) is 12.0 Å². The third-order valence-corrected chi connectivity index (χ3v) is 4.08. The summed E-state index contributed by atoms with van der Waals surface area (Å²) in [5, 5.41) is 1.38. The summed E-state index contributed by atoms with van der Waals surface area (Å²) < 4.78 is 5.03. The number of nitrogens with zero attached hydrogens (tertiary/aromatic N) is 2. The van der Waals surface area contributed by atoms with E-state index in [-0.39, 0.29) is 5.97 Å². The highest BCUT2D eigenvalue weighted by Crippen LogP contribution is 2.34. The number of ether oxygens (including phenoxy) is 1. The minimum Gasteiger partial charge on any atom is -0.466 e. The second kappa shape index (κ2) is 5.40. The number of carbonyl (C=O) groups is 1. The first-order valence-corrected chi connectivity index (χ1v) is 7.22. The van der Waals surface area contributed by atoms with Crippen LogP contribution in [0.25, 0.3) is 11.0 Å². The fraction of sp³-hybridized carbons (Fsp3) is 0.500. The van der Waals surface area contributed by atoms with Gasteiger partial charge in [-0.25, -0.2) is 9.97 Å². The van der Waals surface area contributed by atoms with Crippen LogP contribution in [-0.4, -0.2) is 27.5 Å². The largest absolute Gasteiger partial charge is 0.466 e. The monoisotopic (exact) mass is 293 g/mol. The molecule has 0 saturated carbocycles. The molecule has 3 rings (SSSR count). The zero-order chi connectivity index (χ0) is 14.1. The van der Waals surface area contributed by atoms with E-state index in [0.717, 1.165) is 35.9 Å². The number of nitrogens with one attached hydrogen (secondary N) is 1. The number of fused-ring (bicyclic) bond motifs is 3. The molecular formula is C14H16ClN3O2. The fourth-order valence-corrected chi connectivity index (χ4v) is 3.15. The maximum absolute atomic E-state index is 11.6. The second-order valence-corrected chi connectivity index (χ2v) is 5.45. The van der Waals surface area contributed by atoms with E-state index >= 15 is 0 Å². The minimum absolute atomic E-state index is 0.122. The van der Waals surface area contributed by atoms with Gasteiger partial charge in [0.05, 0.1) is 12.0 Å². The Bertz CT molecular complexity index is 653. The summed E-state index contributed by atoms with van der Waals surface area (Å²) in [6, 6.07) is 0. The van der Waals surface area contributed by atoms with Crippen molar-refractivity contribution in [1.29, 1.82) is 0 Å². The van der Waals surface area contributed by atoms with Crippen LogP contribution in [0.2, 0.25) is 5.15 Å². The molecule has 1 aliphatic rings. The Morgan fingerprint density at radius 2 is 2.40 bits per heavy atom. The lowest BCUT2D eigenvalue weighted by Crippen LogP contribution is -2.18. The number of halogens is 1. The lowest BCUT2D eigenvalue weighted by atomic mass is 9.85. The van der Waals surface area contributed by atoms with Gasteiger partial charge in [-0.15, -0.1) is 0 Å². The third-order valence-electron chi connectivity index (χ3n) is 3.79. The van der Waals surface area contributed by atoms with Crippen LogP contribution >= 0.6 is 11.6 Å². The maximum Gasteiger partial charge on any atom is 0.306 e. The van der Waals surface area contributed by atoms with Gasteiger partial charge in [-0.3, -0.25) is 4.79 Å². The van der Waals surface area contributed by atoms with Crippen LogP contribution in [0.1, 0.15) is 31.0 Å². The molecular weight excluding hydrogens is 278 g/mol. The minimum atomic E-state index is -0.122. The van der Waals surface area contributed by atoms with Gasteiger partial charge in [0.15, 0.2) is 0 Å². The Kier molecular flexibility index (Phi) is 3.61. The molecule has 2 heterocycles. The average Bonchev–Trinajstić information content (AvgIpc) is 2.78. The number of H-pyrrole nitrogens is 1. The molecule has 0 saturated heterocycles. The summed E-state index contributed by atoms with van der Waals surface area (Å²) in [5.74, 6) is 0.181. The molecule has 6 heteroatoms. The van der Waals surface area contributed by atoms with E-state index in [0.29, 0.717) is 24.1 Å². The summed E-state index contributed by atoms with van der Waals surface area (Å²) in [4.78, 5) is 23.2. The molecule has 0 fully saturated rings. The Balaban J connectivity index is 1.87. The van der Waals surface area contributed by atoms with Crippen LogP contribution < -0.4 is 0 Å². The van der Waals surface area contributed by atoms with Gasteiger partial charge in [-0.1, -0.05) is 11.6 Å². The van der Waals surface area contributed by atoms with E-state index in [1.807, 2.05) is 6.92 Å². The van der Waals surface area contributed by atoms with Crippen LogP contribution in [0, 0.1) is 5.92 Å². The van der Waals surface area contributed by atoms with Crippen molar-refractivity contribution in [3.63, 3.8) is 0 Å². The van der Waals surface area contributed by atoms with Crippen molar-refractivity contribution >= 4 is 28.6 Å². The normalized spacial score (nSPS) is 18.0. The van der Waals surface area contributed by atoms with Crippen molar-refractivity contribution in [2.75, 3.05) is 6.61 Å². The molecule has 106 valence electrons.